The number of nitrogens with zero attached hydrogens (tertiary/aromatic N) is 2. The van der Waals surface area contributed by atoms with Crippen LogP contribution in [0.1, 0.15) is 33.3 Å². The van der Waals surface area contributed by atoms with Gasteiger partial charge >= 0.3 is 0 Å². The SMILES string of the molecule is CCOc1ccc(OCC)c(NC(N)=NCc2ccc(OC(C)C)nc2)c1.I. The molecular weight excluding hydrogens is 471 g/mol. The minimum atomic E-state index is 0. The summed E-state index contributed by atoms with van der Waals surface area (Å²) in [5, 5.41) is 3.08. The van der Waals surface area contributed by atoms with E-state index in [4.69, 9.17) is 19.9 Å². The van der Waals surface area contributed by atoms with Gasteiger partial charge in [0.15, 0.2) is 5.96 Å². The molecular formula is C20H29IN4O3. The average Bonchev–Trinajstić information content (AvgIpc) is 2.63. The fourth-order valence-corrected chi connectivity index (χ4v) is 2.31. The number of rotatable bonds is 9. The number of aromatic nitrogens is 1. The highest BCUT2D eigenvalue weighted by molar-refractivity contribution is 14.0. The largest absolute Gasteiger partial charge is 0.494 e. The number of aliphatic imine (C=N–C) groups is 1. The Bertz CT molecular complexity index is 752. The summed E-state index contributed by atoms with van der Waals surface area (Å²) in [4.78, 5) is 8.63. The molecule has 0 fully saturated rings. The van der Waals surface area contributed by atoms with Gasteiger partial charge in [-0.2, -0.15) is 0 Å². The number of benzene rings is 1. The molecule has 0 spiro atoms. The highest BCUT2D eigenvalue weighted by Gasteiger charge is 2.07. The number of pyridine rings is 1. The number of ether oxygens (including phenoxy) is 3. The van der Waals surface area contributed by atoms with E-state index in [1.807, 2.05) is 58.0 Å². The molecule has 0 saturated heterocycles. The van der Waals surface area contributed by atoms with Crippen LogP contribution in [0.15, 0.2) is 41.5 Å². The number of anilines is 1. The summed E-state index contributed by atoms with van der Waals surface area (Å²) in [5.74, 6) is 2.31. The summed E-state index contributed by atoms with van der Waals surface area (Å²) in [6, 6.07) is 9.30. The van der Waals surface area contributed by atoms with Crippen molar-refractivity contribution in [1.29, 1.82) is 0 Å². The van der Waals surface area contributed by atoms with Crippen molar-refractivity contribution in [1.82, 2.24) is 4.98 Å². The summed E-state index contributed by atoms with van der Waals surface area (Å²) in [5.41, 5.74) is 7.68. The number of guanidine groups is 1. The average molecular weight is 500 g/mol. The Morgan fingerprint density at radius 2 is 1.89 bits per heavy atom. The number of hydrogen-bond donors (Lipinski definition) is 2. The van der Waals surface area contributed by atoms with Crippen LogP contribution in [0.25, 0.3) is 0 Å². The fourth-order valence-electron chi connectivity index (χ4n) is 2.31. The quantitative estimate of drug-likeness (QED) is 0.305. The van der Waals surface area contributed by atoms with Crippen molar-refractivity contribution in [2.75, 3.05) is 18.5 Å². The van der Waals surface area contributed by atoms with E-state index < -0.39 is 0 Å². The highest BCUT2D eigenvalue weighted by atomic mass is 127. The van der Waals surface area contributed by atoms with E-state index in [9.17, 15) is 0 Å². The van der Waals surface area contributed by atoms with Crippen molar-refractivity contribution >= 4 is 35.6 Å². The number of nitrogens with two attached hydrogens (primary N) is 1. The van der Waals surface area contributed by atoms with E-state index in [-0.39, 0.29) is 36.0 Å². The zero-order chi connectivity index (χ0) is 19.6. The standard InChI is InChI=1S/C20H28N4O3.HI/c1-5-25-16-8-9-18(26-6-2)17(11-16)24-20(21)23-13-15-7-10-19(22-12-15)27-14(3)4;/h7-12,14H,5-6,13H2,1-4H3,(H3,21,23,24);1H. The minimum Gasteiger partial charge on any atom is -0.494 e. The van der Waals surface area contributed by atoms with E-state index >= 15 is 0 Å². The van der Waals surface area contributed by atoms with Crippen LogP contribution in [0.2, 0.25) is 0 Å². The van der Waals surface area contributed by atoms with E-state index in [1.165, 1.54) is 0 Å². The molecule has 0 aliphatic rings. The van der Waals surface area contributed by atoms with Gasteiger partial charge in [0.25, 0.3) is 0 Å². The van der Waals surface area contributed by atoms with Gasteiger partial charge in [-0.15, -0.1) is 24.0 Å². The van der Waals surface area contributed by atoms with E-state index in [1.54, 1.807) is 6.20 Å². The second-order valence-corrected chi connectivity index (χ2v) is 6.02. The summed E-state index contributed by atoms with van der Waals surface area (Å²) >= 11 is 0. The number of halogens is 1. The maximum absolute atomic E-state index is 6.04. The van der Waals surface area contributed by atoms with Gasteiger partial charge in [0.05, 0.1) is 31.5 Å². The van der Waals surface area contributed by atoms with Crippen molar-refractivity contribution < 1.29 is 14.2 Å². The van der Waals surface area contributed by atoms with Crippen molar-refractivity contribution in [3.05, 3.63) is 42.1 Å². The Balaban J connectivity index is 0.00000392. The van der Waals surface area contributed by atoms with E-state index in [0.29, 0.717) is 37.1 Å². The molecule has 0 saturated carbocycles. The molecule has 7 nitrogen and oxygen atoms in total. The molecule has 0 unspecified atom stereocenters. The van der Waals surface area contributed by atoms with Gasteiger partial charge < -0.3 is 25.3 Å². The zero-order valence-electron chi connectivity index (χ0n) is 16.8. The lowest BCUT2D eigenvalue weighted by atomic mass is 10.2. The predicted octanol–water partition coefficient (Wildman–Crippen LogP) is 4.21. The Hall–Kier alpha value is -2.23. The Kier molecular flexibility index (Phi) is 10.4. The first-order valence-corrected chi connectivity index (χ1v) is 9.10. The smallest absolute Gasteiger partial charge is 0.213 e. The van der Waals surface area contributed by atoms with Crippen LogP contribution in [0.5, 0.6) is 17.4 Å². The van der Waals surface area contributed by atoms with Crippen molar-refractivity contribution in [3.8, 4) is 17.4 Å². The molecule has 28 heavy (non-hydrogen) atoms. The van der Waals surface area contributed by atoms with Gasteiger partial charge in [-0.3, -0.25) is 0 Å². The summed E-state index contributed by atoms with van der Waals surface area (Å²) in [6.45, 7) is 9.33. The monoisotopic (exact) mass is 500 g/mol. The van der Waals surface area contributed by atoms with Crippen LogP contribution < -0.4 is 25.3 Å². The zero-order valence-corrected chi connectivity index (χ0v) is 19.1. The Morgan fingerprint density at radius 1 is 1.14 bits per heavy atom. The second kappa shape index (κ2) is 12.3. The molecule has 0 amide bonds. The summed E-state index contributed by atoms with van der Waals surface area (Å²) in [7, 11) is 0. The second-order valence-electron chi connectivity index (χ2n) is 6.02. The van der Waals surface area contributed by atoms with Crippen LogP contribution in [-0.4, -0.2) is 30.3 Å². The maximum Gasteiger partial charge on any atom is 0.213 e. The molecule has 2 rings (SSSR count). The third kappa shape index (κ3) is 7.79. The van der Waals surface area contributed by atoms with Crippen LogP contribution in [-0.2, 0) is 6.54 Å². The van der Waals surface area contributed by atoms with Gasteiger partial charge in [-0.25, -0.2) is 9.98 Å². The molecule has 0 bridgehead atoms. The van der Waals surface area contributed by atoms with Crippen LogP contribution >= 0.6 is 24.0 Å². The van der Waals surface area contributed by atoms with Gasteiger partial charge in [-0.1, -0.05) is 6.07 Å². The third-order valence-electron chi connectivity index (χ3n) is 3.41. The predicted molar refractivity (Wildman–Crippen MR) is 123 cm³/mol. The topological polar surface area (TPSA) is 91.0 Å². The molecule has 0 aliphatic carbocycles. The van der Waals surface area contributed by atoms with Gasteiger partial charge in [0, 0.05) is 18.3 Å². The molecule has 2 aromatic rings. The lowest BCUT2D eigenvalue weighted by molar-refractivity contribution is 0.232. The van der Waals surface area contributed by atoms with Gasteiger partial charge in [0.1, 0.15) is 11.5 Å². The number of hydrogen-bond acceptors (Lipinski definition) is 5. The van der Waals surface area contributed by atoms with Gasteiger partial charge in [-0.05, 0) is 45.4 Å². The van der Waals surface area contributed by atoms with Crippen molar-refractivity contribution in [3.63, 3.8) is 0 Å². The molecule has 8 heteroatoms. The lowest BCUT2D eigenvalue weighted by Gasteiger charge is -2.14. The first-order chi connectivity index (χ1) is 13.0. The molecule has 1 aromatic carbocycles. The third-order valence-corrected chi connectivity index (χ3v) is 3.41. The van der Waals surface area contributed by atoms with Gasteiger partial charge in [0.2, 0.25) is 5.88 Å². The number of nitrogens with one attached hydrogen (secondary N) is 1. The Morgan fingerprint density at radius 3 is 2.50 bits per heavy atom. The minimum absolute atomic E-state index is 0. The molecule has 154 valence electrons. The fraction of sp³-hybridized carbons (Fsp3) is 0.400. The molecule has 1 aromatic heterocycles. The molecule has 1 heterocycles. The summed E-state index contributed by atoms with van der Waals surface area (Å²) < 4.78 is 16.7. The maximum atomic E-state index is 6.04. The van der Waals surface area contributed by atoms with Crippen molar-refractivity contribution in [2.45, 2.75) is 40.3 Å². The normalized spacial score (nSPS) is 11.0. The first kappa shape index (κ1) is 23.8. The molecule has 0 aliphatic heterocycles. The van der Waals surface area contributed by atoms with Crippen LogP contribution in [0.4, 0.5) is 5.69 Å². The molecule has 3 N–H and O–H groups in total. The van der Waals surface area contributed by atoms with Crippen LogP contribution in [0, 0.1) is 0 Å². The first-order valence-electron chi connectivity index (χ1n) is 9.10. The Labute approximate surface area is 183 Å². The van der Waals surface area contributed by atoms with Crippen LogP contribution in [0.3, 0.4) is 0 Å². The summed E-state index contributed by atoms with van der Waals surface area (Å²) in [6.07, 6.45) is 1.82. The molecule has 0 radical (unpaired) electrons. The highest BCUT2D eigenvalue weighted by Crippen LogP contribution is 2.29. The molecule has 0 atom stereocenters. The van der Waals surface area contributed by atoms with E-state index in [2.05, 4.69) is 15.3 Å². The lowest BCUT2D eigenvalue weighted by Crippen LogP contribution is -2.23. The van der Waals surface area contributed by atoms with Crippen molar-refractivity contribution in [2.24, 2.45) is 10.7 Å². The van der Waals surface area contributed by atoms with E-state index in [0.717, 1.165) is 11.3 Å².